The molecule has 0 spiro atoms. The highest BCUT2D eigenvalue weighted by Gasteiger charge is 2.26. The molecule has 0 radical (unpaired) electrons. The van der Waals surface area contributed by atoms with Crippen molar-refractivity contribution in [2.75, 3.05) is 0 Å². The van der Waals surface area contributed by atoms with E-state index in [9.17, 15) is 4.79 Å². The smallest absolute Gasteiger partial charge is 0.303 e. The molecule has 7 nitrogen and oxygen atoms in total. The Kier molecular flexibility index (Phi) is 5.47. The monoisotopic (exact) mass is 427 g/mol. The molecule has 0 aliphatic heterocycles. The van der Waals surface area contributed by atoms with Gasteiger partial charge in [0, 0.05) is 11.8 Å². The second-order valence-electron chi connectivity index (χ2n) is 7.80. The Labute approximate surface area is 179 Å². The van der Waals surface area contributed by atoms with Gasteiger partial charge in [0.1, 0.15) is 5.02 Å². The van der Waals surface area contributed by atoms with Gasteiger partial charge in [-0.3, -0.25) is 4.79 Å². The molecule has 3 aromatic rings. The molecule has 2 heterocycles. The van der Waals surface area contributed by atoms with E-state index in [1.807, 2.05) is 26.8 Å². The number of benzene rings is 1. The van der Waals surface area contributed by atoms with E-state index >= 15 is 0 Å². The molecule has 1 unspecified atom stereocenters. The number of pyridine rings is 1. The van der Waals surface area contributed by atoms with E-state index in [2.05, 4.69) is 21.2 Å². The van der Waals surface area contributed by atoms with Gasteiger partial charge in [0.05, 0.1) is 18.1 Å². The van der Waals surface area contributed by atoms with Gasteiger partial charge in [0.15, 0.2) is 0 Å². The topological polar surface area (TPSA) is 98.3 Å². The lowest BCUT2D eigenvalue weighted by Gasteiger charge is -2.11. The van der Waals surface area contributed by atoms with Crippen molar-refractivity contribution in [2.24, 2.45) is 0 Å². The Morgan fingerprint density at radius 3 is 2.87 bits per heavy atom. The van der Waals surface area contributed by atoms with Crippen LogP contribution in [0.5, 0.6) is 5.88 Å². The van der Waals surface area contributed by atoms with Crippen LogP contribution in [0.4, 0.5) is 0 Å². The van der Waals surface area contributed by atoms with Crippen molar-refractivity contribution in [3.63, 3.8) is 0 Å². The van der Waals surface area contributed by atoms with Gasteiger partial charge in [-0.25, -0.2) is 4.98 Å². The number of ether oxygens (including phenoxy) is 1. The van der Waals surface area contributed by atoms with Gasteiger partial charge in [-0.05, 0) is 68.4 Å². The van der Waals surface area contributed by atoms with Gasteiger partial charge in [0.25, 0.3) is 5.89 Å². The summed E-state index contributed by atoms with van der Waals surface area (Å²) in [5.74, 6) is 0.450. The maximum Gasteiger partial charge on any atom is 0.303 e. The largest absolute Gasteiger partial charge is 0.481 e. The summed E-state index contributed by atoms with van der Waals surface area (Å²) in [4.78, 5) is 19.9. The van der Waals surface area contributed by atoms with Crippen LogP contribution in [-0.2, 0) is 11.2 Å². The van der Waals surface area contributed by atoms with Crippen molar-refractivity contribution in [1.29, 1.82) is 0 Å². The minimum Gasteiger partial charge on any atom is -0.481 e. The van der Waals surface area contributed by atoms with Gasteiger partial charge in [0.2, 0.25) is 11.7 Å². The molecule has 4 rings (SSSR count). The van der Waals surface area contributed by atoms with E-state index < -0.39 is 5.97 Å². The summed E-state index contributed by atoms with van der Waals surface area (Å²) in [5.41, 5.74) is 4.72. The molecule has 1 N–H and O–H groups in total. The third kappa shape index (κ3) is 4.03. The van der Waals surface area contributed by atoms with Crippen LogP contribution in [-0.4, -0.2) is 32.3 Å². The van der Waals surface area contributed by atoms with E-state index in [0.29, 0.717) is 28.2 Å². The quantitative estimate of drug-likeness (QED) is 0.587. The fourth-order valence-electron chi connectivity index (χ4n) is 3.82. The summed E-state index contributed by atoms with van der Waals surface area (Å²) in [6, 6.07) is 5.79. The predicted molar refractivity (Wildman–Crippen MR) is 112 cm³/mol. The first kappa shape index (κ1) is 20.3. The Morgan fingerprint density at radius 2 is 2.17 bits per heavy atom. The zero-order valence-electron chi connectivity index (χ0n) is 17.0. The number of carboxylic acid groups (broad SMARTS) is 1. The lowest BCUT2D eigenvalue weighted by atomic mass is 9.94. The highest BCUT2D eigenvalue weighted by molar-refractivity contribution is 6.32. The molecule has 1 atom stereocenters. The summed E-state index contributed by atoms with van der Waals surface area (Å²) in [6.07, 6.45) is 3.41. The summed E-state index contributed by atoms with van der Waals surface area (Å²) in [5, 5.41) is 13.6. The van der Waals surface area contributed by atoms with Gasteiger partial charge >= 0.3 is 5.97 Å². The van der Waals surface area contributed by atoms with E-state index in [1.165, 1.54) is 0 Å². The fourth-order valence-corrected chi connectivity index (χ4v) is 4.03. The number of nitrogens with zero attached hydrogens (tertiary/aromatic N) is 3. The predicted octanol–water partition coefficient (Wildman–Crippen LogP) is 5.05. The molecule has 1 aromatic carbocycles. The second-order valence-corrected chi connectivity index (χ2v) is 8.21. The summed E-state index contributed by atoms with van der Waals surface area (Å²) < 4.78 is 11.0. The average molecular weight is 428 g/mol. The maximum atomic E-state index is 11.1. The Bertz CT molecular complexity index is 1110. The third-order valence-corrected chi connectivity index (χ3v) is 5.45. The maximum absolute atomic E-state index is 11.1. The summed E-state index contributed by atoms with van der Waals surface area (Å²) in [7, 11) is 0. The first-order chi connectivity index (χ1) is 14.3. The standard InChI is InChI=1S/C22H22ClN3O4/c1-11(2)29-22-18(23)8-15(10-24-22)21-25-20(26-30-21)16-7-13-4-5-14(9-19(27)28)17(13)6-12(16)3/h6-8,10-11,14H,4-5,9H2,1-3H3,(H,27,28). The molecule has 0 fully saturated rings. The SMILES string of the molecule is Cc1cc2c(cc1-c1noc(-c3cnc(OC(C)C)c(Cl)c3)n1)CCC2CC(=O)O. The van der Waals surface area contributed by atoms with Crippen LogP contribution in [0.15, 0.2) is 28.9 Å². The summed E-state index contributed by atoms with van der Waals surface area (Å²) >= 11 is 6.27. The number of aryl methyl sites for hydroxylation is 2. The lowest BCUT2D eigenvalue weighted by molar-refractivity contribution is -0.137. The van der Waals surface area contributed by atoms with Crippen LogP contribution >= 0.6 is 11.6 Å². The fraction of sp³-hybridized carbons (Fsp3) is 0.364. The molecule has 1 aliphatic rings. The van der Waals surface area contributed by atoms with Gasteiger partial charge in [-0.1, -0.05) is 22.8 Å². The first-order valence-electron chi connectivity index (χ1n) is 9.83. The average Bonchev–Trinajstić information content (AvgIpc) is 3.30. The zero-order chi connectivity index (χ0) is 21.4. The van der Waals surface area contributed by atoms with Crippen molar-refractivity contribution in [3.05, 3.63) is 46.1 Å². The van der Waals surface area contributed by atoms with Gasteiger partial charge < -0.3 is 14.4 Å². The molecule has 0 saturated carbocycles. The van der Waals surface area contributed by atoms with E-state index in [4.69, 9.17) is 26.0 Å². The van der Waals surface area contributed by atoms with Crippen molar-refractivity contribution in [3.8, 4) is 28.7 Å². The van der Waals surface area contributed by atoms with Gasteiger partial charge in [-0.2, -0.15) is 4.98 Å². The third-order valence-electron chi connectivity index (χ3n) is 5.18. The highest BCUT2D eigenvalue weighted by Crippen LogP contribution is 2.39. The molecular formula is C22H22ClN3O4. The van der Waals surface area contributed by atoms with Crippen molar-refractivity contribution < 1.29 is 19.2 Å². The van der Waals surface area contributed by atoms with Crippen LogP contribution < -0.4 is 4.74 Å². The lowest BCUT2D eigenvalue weighted by Crippen LogP contribution is -2.07. The minimum absolute atomic E-state index is 0.0336. The van der Waals surface area contributed by atoms with Crippen molar-refractivity contribution >= 4 is 17.6 Å². The number of hydrogen-bond acceptors (Lipinski definition) is 6. The van der Waals surface area contributed by atoms with E-state index in [0.717, 1.165) is 35.1 Å². The Balaban J connectivity index is 1.62. The van der Waals surface area contributed by atoms with E-state index in [-0.39, 0.29) is 18.4 Å². The molecule has 0 saturated heterocycles. The normalized spacial score (nSPS) is 15.4. The van der Waals surface area contributed by atoms with Crippen LogP contribution in [0, 0.1) is 6.92 Å². The van der Waals surface area contributed by atoms with Gasteiger partial charge in [-0.15, -0.1) is 0 Å². The van der Waals surface area contributed by atoms with Crippen molar-refractivity contribution in [2.45, 2.75) is 52.1 Å². The molecule has 30 heavy (non-hydrogen) atoms. The minimum atomic E-state index is -0.769. The Morgan fingerprint density at radius 1 is 1.37 bits per heavy atom. The number of rotatable bonds is 6. The van der Waals surface area contributed by atoms with Crippen LogP contribution in [0.25, 0.3) is 22.8 Å². The van der Waals surface area contributed by atoms with Crippen LogP contribution in [0.3, 0.4) is 0 Å². The van der Waals surface area contributed by atoms with Crippen LogP contribution in [0.2, 0.25) is 5.02 Å². The summed E-state index contributed by atoms with van der Waals surface area (Å²) in [6.45, 7) is 5.77. The number of aromatic nitrogens is 3. The first-order valence-corrected chi connectivity index (χ1v) is 10.2. The van der Waals surface area contributed by atoms with Crippen LogP contribution in [0.1, 0.15) is 49.3 Å². The number of hydrogen-bond donors (Lipinski definition) is 1. The molecule has 0 amide bonds. The molecule has 1 aliphatic carbocycles. The molecule has 156 valence electrons. The number of carbonyl (C=O) groups is 1. The molecule has 0 bridgehead atoms. The Hall–Kier alpha value is -2.93. The molecular weight excluding hydrogens is 406 g/mol. The zero-order valence-corrected chi connectivity index (χ0v) is 17.7. The van der Waals surface area contributed by atoms with E-state index in [1.54, 1.807) is 12.3 Å². The number of aliphatic carboxylic acids is 1. The number of halogens is 1. The number of fused-ring (bicyclic) bond motifs is 1. The second kappa shape index (κ2) is 8.07. The van der Waals surface area contributed by atoms with Crippen molar-refractivity contribution in [1.82, 2.24) is 15.1 Å². The highest BCUT2D eigenvalue weighted by atomic mass is 35.5. The molecule has 8 heteroatoms. The number of carboxylic acids is 1. The molecule has 2 aromatic heterocycles.